The van der Waals surface area contributed by atoms with Crippen LogP contribution in [0.2, 0.25) is 0 Å². The molecule has 7 heteroatoms. The Kier molecular flexibility index (Phi) is 4.49. The van der Waals surface area contributed by atoms with Crippen molar-refractivity contribution < 1.29 is 33.3 Å². The van der Waals surface area contributed by atoms with Crippen molar-refractivity contribution >= 4 is 17.9 Å². The molecule has 0 aromatic heterocycles. The molecule has 156 valence electrons. The highest BCUT2D eigenvalue weighted by atomic mass is 16.6. The Balaban J connectivity index is 1.84. The molecule has 7 atom stereocenters. The van der Waals surface area contributed by atoms with Crippen molar-refractivity contribution in [1.82, 2.24) is 0 Å². The Morgan fingerprint density at radius 2 is 1.97 bits per heavy atom. The first kappa shape index (κ1) is 19.9. The number of fused-ring (bicyclic) bond motifs is 5. The molecule has 29 heavy (non-hydrogen) atoms. The van der Waals surface area contributed by atoms with E-state index in [4.69, 9.17) is 18.9 Å². The van der Waals surface area contributed by atoms with Crippen molar-refractivity contribution in [3.8, 4) is 0 Å². The summed E-state index contributed by atoms with van der Waals surface area (Å²) in [6.07, 6.45) is 0.0542. The van der Waals surface area contributed by atoms with Gasteiger partial charge in [-0.3, -0.25) is 4.79 Å². The molecule has 7 unspecified atom stereocenters. The lowest BCUT2D eigenvalue weighted by Crippen LogP contribution is -2.45. The highest BCUT2D eigenvalue weighted by Crippen LogP contribution is 2.62. The van der Waals surface area contributed by atoms with Crippen LogP contribution in [0.1, 0.15) is 41.0 Å². The molecule has 2 heterocycles. The predicted octanol–water partition coefficient (Wildman–Crippen LogP) is 2.40. The van der Waals surface area contributed by atoms with Gasteiger partial charge in [0, 0.05) is 24.0 Å². The molecule has 1 saturated carbocycles. The highest BCUT2D eigenvalue weighted by molar-refractivity contribution is 5.92. The van der Waals surface area contributed by atoms with Crippen LogP contribution in [0.15, 0.2) is 34.9 Å². The van der Waals surface area contributed by atoms with E-state index in [2.05, 4.69) is 6.58 Å². The molecule has 2 aliphatic carbocycles. The number of rotatable bonds is 3. The van der Waals surface area contributed by atoms with Gasteiger partial charge >= 0.3 is 17.9 Å². The van der Waals surface area contributed by atoms with Crippen LogP contribution in [0.25, 0.3) is 0 Å². The SMILES string of the molecule is C=C1C(=O)OC2C1C(OC(=O)/C(C)=C/C)C(OC(C)=O)C(C)=C1CC3OC3(C)C12. The Hall–Kier alpha value is -2.41. The maximum absolute atomic E-state index is 12.6. The minimum absolute atomic E-state index is 0.0491. The molecule has 0 radical (unpaired) electrons. The summed E-state index contributed by atoms with van der Waals surface area (Å²) < 4.78 is 23.1. The van der Waals surface area contributed by atoms with Crippen molar-refractivity contribution in [3.63, 3.8) is 0 Å². The second kappa shape index (κ2) is 6.55. The van der Waals surface area contributed by atoms with E-state index in [-0.39, 0.29) is 17.6 Å². The van der Waals surface area contributed by atoms with Gasteiger partial charge in [0.05, 0.1) is 12.0 Å². The van der Waals surface area contributed by atoms with E-state index in [9.17, 15) is 14.4 Å². The fourth-order valence-electron chi connectivity index (χ4n) is 5.08. The smallest absolute Gasteiger partial charge is 0.334 e. The van der Waals surface area contributed by atoms with Crippen molar-refractivity contribution in [3.05, 3.63) is 34.9 Å². The van der Waals surface area contributed by atoms with Gasteiger partial charge in [-0.1, -0.05) is 18.2 Å². The summed E-state index contributed by atoms with van der Waals surface area (Å²) in [5.41, 5.74) is 2.09. The number of carbonyl (C=O) groups excluding carboxylic acids is 3. The molecule has 0 amide bonds. The van der Waals surface area contributed by atoms with E-state index < -0.39 is 47.7 Å². The average Bonchev–Trinajstić information content (AvgIpc) is 3.12. The summed E-state index contributed by atoms with van der Waals surface area (Å²) in [4.78, 5) is 37.0. The van der Waals surface area contributed by atoms with E-state index in [1.54, 1.807) is 19.9 Å². The maximum Gasteiger partial charge on any atom is 0.334 e. The molecule has 0 bridgehead atoms. The first-order chi connectivity index (χ1) is 13.6. The standard InChI is InChI=1S/C22H26O7/c1-7-9(2)20(24)28-19-15-11(4)21(25)27-18(15)16-13(8-14-22(16,6)29-14)10(3)17(19)26-12(5)23/h7,14-19H,4,8H2,1-3,5-6H3/b9-7+. The predicted molar refractivity (Wildman–Crippen MR) is 101 cm³/mol. The molecular formula is C22H26O7. The Morgan fingerprint density at radius 3 is 2.59 bits per heavy atom. The first-order valence-corrected chi connectivity index (χ1v) is 9.88. The zero-order valence-corrected chi connectivity index (χ0v) is 17.3. The summed E-state index contributed by atoms with van der Waals surface area (Å²) >= 11 is 0. The molecule has 4 rings (SSSR count). The van der Waals surface area contributed by atoms with Crippen LogP contribution < -0.4 is 0 Å². The molecule has 2 aliphatic heterocycles. The lowest BCUT2D eigenvalue weighted by atomic mass is 9.79. The monoisotopic (exact) mass is 402 g/mol. The van der Waals surface area contributed by atoms with E-state index in [1.807, 2.05) is 13.8 Å². The van der Waals surface area contributed by atoms with Gasteiger partial charge in [-0.2, -0.15) is 0 Å². The number of esters is 3. The van der Waals surface area contributed by atoms with Gasteiger partial charge in [-0.15, -0.1) is 0 Å². The number of epoxide rings is 1. The number of carbonyl (C=O) groups is 3. The highest BCUT2D eigenvalue weighted by Gasteiger charge is 2.71. The van der Waals surface area contributed by atoms with Crippen molar-refractivity contribution in [2.45, 2.75) is 71.1 Å². The van der Waals surface area contributed by atoms with E-state index in [1.165, 1.54) is 6.92 Å². The van der Waals surface area contributed by atoms with E-state index >= 15 is 0 Å². The van der Waals surface area contributed by atoms with Gasteiger partial charge < -0.3 is 18.9 Å². The molecule has 0 spiro atoms. The molecule has 4 aliphatic rings. The second-order valence-electron chi connectivity index (χ2n) is 8.47. The third-order valence-corrected chi connectivity index (χ3v) is 6.84. The Morgan fingerprint density at radius 1 is 1.28 bits per heavy atom. The summed E-state index contributed by atoms with van der Waals surface area (Å²) in [7, 11) is 0. The topological polar surface area (TPSA) is 91.4 Å². The Labute approximate surface area is 169 Å². The van der Waals surface area contributed by atoms with Gasteiger partial charge in [0.25, 0.3) is 0 Å². The lowest BCUT2D eigenvalue weighted by molar-refractivity contribution is -0.166. The minimum Gasteiger partial charge on any atom is -0.457 e. The normalized spacial score (nSPS) is 40.5. The third kappa shape index (κ3) is 2.86. The van der Waals surface area contributed by atoms with Gasteiger partial charge in [-0.05, 0) is 39.7 Å². The molecule has 2 saturated heterocycles. The summed E-state index contributed by atoms with van der Waals surface area (Å²) in [6.45, 7) is 12.5. The molecule has 7 nitrogen and oxygen atoms in total. The van der Waals surface area contributed by atoms with Gasteiger partial charge in [0.2, 0.25) is 0 Å². The Bertz CT molecular complexity index is 882. The van der Waals surface area contributed by atoms with Crippen LogP contribution in [-0.4, -0.2) is 47.9 Å². The largest absolute Gasteiger partial charge is 0.457 e. The fraction of sp³-hybridized carbons (Fsp3) is 0.591. The quantitative estimate of drug-likeness (QED) is 0.235. The molecule has 3 fully saturated rings. The van der Waals surface area contributed by atoms with Crippen molar-refractivity contribution in [2.75, 3.05) is 0 Å². The summed E-state index contributed by atoms with van der Waals surface area (Å²) in [5.74, 6) is -2.35. The second-order valence-corrected chi connectivity index (χ2v) is 8.47. The molecule has 0 aromatic carbocycles. The minimum atomic E-state index is -0.913. The van der Waals surface area contributed by atoms with E-state index in [0.717, 1.165) is 11.1 Å². The summed E-state index contributed by atoms with van der Waals surface area (Å²) in [6, 6.07) is 0. The number of hydrogen-bond donors (Lipinski definition) is 0. The maximum atomic E-state index is 12.6. The van der Waals surface area contributed by atoms with Crippen LogP contribution in [-0.2, 0) is 33.3 Å². The van der Waals surface area contributed by atoms with Gasteiger partial charge in [0.1, 0.15) is 11.7 Å². The first-order valence-electron chi connectivity index (χ1n) is 9.88. The van der Waals surface area contributed by atoms with Crippen LogP contribution in [0.4, 0.5) is 0 Å². The van der Waals surface area contributed by atoms with Gasteiger partial charge in [0.15, 0.2) is 12.2 Å². The number of allylic oxidation sites excluding steroid dienone is 1. The van der Waals surface area contributed by atoms with Crippen LogP contribution in [0.3, 0.4) is 0 Å². The van der Waals surface area contributed by atoms with Crippen LogP contribution in [0, 0.1) is 11.8 Å². The number of hydrogen-bond acceptors (Lipinski definition) is 7. The fourth-order valence-corrected chi connectivity index (χ4v) is 5.08. The zero-order valence-electron chi connectivity index (χ0n) is 17.3. The molecule has 0 N–H and O–H groups in total. The molecule has 0 aromatic rings. The van der Waals surface area contributed by atoms with Gasteiger partial charge in [-0.25, -0.2) is 9.59 Å². The van der Waals surface area contributed by atoms with Crippen LogP contribution in [0.5, 0.6) is 0 Å². The van der Waals surface area contributed by atoms with E-state index in [0.29, 0.717) is 12.0 Å². The van der Waals surface area contributed by atoms with Crippen molar-refractivity contribution in [2.24, 2.45) is 11.8 Å². The number of ether oxygens (including phenoxy) is 4. The molecular weight excluding hydrogens is 376 g/mol. The third-order valence-electron chi connectivity index (χ3n) is 6.84. The van der Waals surface area contributed by atoms with Crippen molar-refractivity contribution in [1.29, 1.82) is 0 Å². The average molecular weight is 402 g/mol. The summed E-state index contributed by atoms with van der Waals surface area (Å²) in [5, 5.41) is 0. The lowest BCUT2D eigenvalue weighted by Gasteiger charge is -2.32. The zero-order chi connectivity index (χ0) is 21.2. The van der Waals surface area contributed by atoms with Crippen LogP contribution >= 0.6 is 0 Å².